The number of carboxylic acids is 1. The first kappa shape index (κ1) is 14.1. The summed E-state index contributed by atoms with van der Waals surface area (Å²) in [5.41, 5.74) is 1.29. The summed E-state index contributed by atoms with van der Waals surface area (Å²) in [4.78, 5) is 24.9. The van der Waals surface area contributed by atoms with Crippen LogP contribution in [0, 0.1) is 5.92 Å². The van der Waals surface area contributed by atoms with Crippen molar-refractivity contribution in [1.29, 1.82) is 0 Å². The predicted octanol–water partition coefficient (Wildman–Crippen LogP) is 1.75. The Morgan fingerprint density at radius 2 is 2.19 bits per heavy atom. The fourth-order valence-electron chi connectivity index (χ4n) is 3.20. The van der Waals surface area contributed by atoms with E-state index in [9.17, 15) is 19.8 Å². The van der Waals surface area contributed by atoms with Crippen molar-refractivity contribution in [2.45, 2.75) is 25.5 Å². The van der Waals surface area contributed by atoms with E-state index in [2.05, 4.69) is 0 Å². The second kappa shape index (κ2) is 4.86. The molecule has 1 aromatic rings. The molecule has 110 valence electrons. The van der Waals surface area contributed by atoms with E-state index in [1.807, 2.05) is 0 Å². The number of β-lactam (4-membered cyclic amide) rings is 1. The summed E-state index contributed by atoms with van der Waals surface area (Å²) in [7, 11) is 0. The molecular weight excluding hydrogens is 294 g/mol. The van der Waals surface area contributed by atoms with Gasteiger partial charge in [0.25, 0.3) is 0 Å². The van der Waals surface area contributed by atoms with Gasteiger partial charge >= 0.3 is 5.97 Å². The van der Waals surface area contributed by atoms with Crippen LogP contribution in [0.3, 0.4) is 0 Å². The van der Waals surface area contributed by atoms with E-state index in [0.717, 1.165) is 0 Å². The fraction of sp³-hybridized carbons (Fsp3) is 0.333. The highest BCUT2D eigenvalue weighted by atomic mass is 35.5. The maximum atomic E-state index is 12.1. The Labute approximate surface area is 126 Å². The lowest BCUT2D eigenvalue weighted by Crippen LogP contribution is -2.61. The average molecular weight is 308 g/mol. The second-order valence-electron chi connectivity index (χ2n) is 5.39. The summed E-state index contributed by atoms with van der Waals surface area (Å²) in [6, 6.07) is 6.64. The SMILES string of the molecule is C[C@@H](O)[C@@H]1C(=O)N2C(C(=O)O)=C(c3cccc(Cl)c3)C[C@H]12. The molecule has 0 bridgehead atoms. The minimum Gasteiger partial charge on any atom is -0.477 e. The number of halogens is 1. The number of aliphatic hydroxyl groups excluding tert-OH is 1. The summed E-state index contributed by atoms with van der Waals surface area (Å²) >= 11 is 5.96. The molecule has 1 saturated heterocycles. The van der Waals surface area contributed by atoms with Crippen molar-refractivity contribution in [2.75, 3.05) is 0 Å². The lowest BCUT2D eigenvalue weighted by Gasteiger charge is -2.44. The molecule has 0 spiro atoms. The molecule has 1 amide bonds. The third kappa shape index (κ3) is 2.04. The molecule has 3 rings (SSSR count). The molecule has 0 unspecified atom stereocenters. The maximum Gasteiger partial charge on any atom is 0.352 e. The van der Waals surface area contributed by atoms with E-state index in [-0.39, 0.29) is 17.6 Å². The molecule has 1 fully saturated rings. The number of hydrogen-bond acceptors (Lipinski definition) is 3. The number of aliphatic carboxylic acids is 1. The Morgan fingerprint density at radius 1 is 1.48 bits per heavy atom. The largest absolute Gasteiger partial charge is 0.477 e. The van der Waals surface area contributed by atoms with Gasteiger partial charge in [0.15, 0.2) is 0 Å². The van der Waals surface area contributed by atoms with Crippen LogP contribution in [0.1, 0.15) is 18.9 Å². The van der Waals surface area contributed by atoms with Gasteiger partial charge in [-0.2, -0.15) is 0 Å². The van der Waals surface area contributed by atoms with Gasteiger partial charge in [-0.05, 0) is 36.6 Å². The monoisotopic (exact) mass is 307 g/mol. The van der Waals surface area contributed by atoms with Crippen molar-refractivity contribution in [3.05, 3.63) is 40.5 Å². The Kier molecular flexibility index (Phi) is 3.26. The maximum absolute atomic E-state index is 12.1. The Balaban J connectivity index is 2.04. The molecule has 3 atom stereocenters. The summed E-state index contributed by atoms with van der Waals surface area (Å²) < 4.78 is 0. The van der Waals surface area contributed by atoms with Gasteiger partial charge in [0.2, 0.25) is 5.91 Å². The van der Waals surface area contributed by atoms with Gasteiger partial charge in [-0.3, -0.25) is 4.79 Å². The molecule has 2 aliphatic rings. The van der Waals surface area contributed by atoms with Crippen LogP contribution in [0.15, 0.2) is 30.0 Å². The molecular formula is C15H14ClNO4. The van der Waals surface area contributed by atoms with Crippen LogP contribution in [-0.2, 0) is 9.59 Å². The Morgan fingerprint density at radius 3 is 2.76 bits per heavy atom. The van der Waals surface area contributed by atoms with Crippen LogP contribution < -0.4 is 0 Å². The number of amides is 1. The third-order valence-electron chi connectivity index (χ3n) is 4.10. The molecule has 0 radical (unpaired) electrons. The lowest BCUT2D eigenvalue weighted by atomic mass is 9.82. The number of hydrogen-bond donors (Lipinski definition) is 2. The van der Waals surface area contributed by atoms with Crippen LogP contribution in [0.25, 0.3) is 5.57 Å². The van der Waals surface area contributed by atoms with Crippen molar-refractivity contribution in [3.8, 4) is 0 Å². The molecule has 21 heavy (non-hydrogen) atoms. The topological polar surface area (TPSA) is 77.8 Å². The summed E-state index contributed by atoms with van der Waals surface area (Å²) in [5, 5.41) is 19.6. The van der Waals surface area contributed by atoms with Crippen LogP contribution in [0.2, 0.25) is 5.02 Å². The van der Waals surface area contributed by atoms with E-state index in [1.54, 1.807) is 31.2 Å². The zero-order chi connectivity index (χ0) is 15.3. The third-order valence-corrected chi connectivity index (χ3v) is 4.34. The Bertz CT molecular complexity index is 667. The number of benzene rings is 1. The van der Waals surface area contributed by atoms with Gasteiger partial charge in [-0.1, -0.05) is 23.7 Å². The predicted molar refractivity (Wildman–Crippen MR) is 76.4 cm³/mol. The molecule has 5 nitrogen and oxygen atoms in total. The highest BCUT2D eigenvalue weighted by Gasteiger charge is 2.56. The second-order valence-corrected chi connectivity index (χ2v) is 5.83. The molecule has 0 aliphatic carbocycles. The van der Waals surface area contributed by atoms with Crippen LogP contribution in [0.4, 0.5) is 0 Å². The molecule has 2 N–H and O–H groups in total. The van der Waals surface area contributed by atoms with Gasteiger partial charge < -0.3 is 15.1 Å². The number of rotatable bonds is 3. The number of fused-ring (bicyclic) bond motifs is 1. The van der Waals surface area contributed by atoms with E-state index >= 15 is 0 Å². The molecule has 1 aromatic carbocycles. The summed E-state index contributed by atoms with van der Waals surface area (Å²) in [6.45, 7) is 1.55. The van der Waals surface area contributed by atoms with E-state index in [4.69, 9.17) is 11.6 Å². The lowest BCUT2D eigenvalue weighted by molar-refractivity contribution is -0.161. The highest BCUT2D eigenvalue weighted by Crippen LogP contribution is 2.47. The van der Waals surface area contributed by atoms with E-state index < -0.39 is 18.0 Å². The number of carbonyl (C=O) groups is 2. The number of carbonyl (C=O) groups excluding carboxylic acids is 1. The number of carboxylic acid groups (broad SMARTS) is 1. The van der Waals surface area contributed by atoms with Gasteiger partial charge in [-0.25, -0.2) is 4.79 Å². The highest BCUT2D eigenvalue weighted by molar-refractivity contribution is 6.30. The van der Waals surface area contributed by atoms with Gasteiger partial charge in [0.1, 0.15) is 5.70 Å². The first-order valence-electron chi connectivity index (χ1n) is 6.65. The van der Waals surface area contributed by atoms with Crippen molar-refractivity contribution >= 4 is 29.1 Å². The van der Waals surface area contributed by atoms with Crippen LogP contribution in [-0.4, -0.2) is 39.1 Å². The number of aliphatic hydroxyl groups is 1. The van der Waals surface area contributed by atoms with E-state index in [0.29, 0.717) is 22.6 Å². The van der Waals surface area contributed by atoms with Crippen molar-refractivity contribution in [3.63, 3.8) is 0 Å². The summed E-state index contributed by atoms with van der Waals surface area (Å²) in [6.07, 6.45) is -0.365. The fourth-order valence-corrected chi connectivity index (χ4v) is 3.39. The summed E-state index contributed by atoms with van der Waals surface area (Å²) in [5.74, 6) is -2.00. The first-order chi connectivity index (χ1) is 9.91. The molecule has 0 aromatic heterocycles. The number of nitrogens with zero attached hydrogens (tertiary/aromatic N) is 1. The molecule has 0 saturated carbocycles. The normalized spacial score (nSPS) is 25.7. The first-order valence-corrected chi connectivity index (χ1v) is 7.03. The minimum atomic E-state index is -1.13. The van der Waals surface area contributed by atoms with Gasteiger partial charge in [0.05, 0.1) is 18.1 Å². The zero-order valence-electron chi connectivity index (χ0n) is 11.3. The smallest absolute Gasteiger partial charge is 0.352 e. The Hall–Kier alpha value is -1.85. The van der Waals surface area contributed by atoms with Crippen molar-refractivity contribution in [2.24, 2.45) is 5.92 Å². The molecule has 6 heteroatoms. The molecule has 2 heterocycles. The van der Waals surface area contributed by atoms with Crippen molar-refractivity contribution in [1.82, 2.24) is 4.90 Å². The van der Waals surface area contributed by atoms with Gasteiger partial charge in [-0.15, -0.1) is 0 Å². The zero-order valence-corrected chi connectivity index (χ0v) is 12.0. The van der Waals surface area contributed by atoms with Crippen molar-refractivity contribution < 1.29 is 19.8 Å². The van der Waals surface area contributed by atoms with E-state index in [1.165, 1.54) is 4.90 Å². The van der Waals surface area contributed by atoms with Crippen LogP contribution in [0.5, 0.6) is 0 Å². The van der Waals surface area contributed by atoms with Gasteiger partial charge in [0, 0.05) is 5.02 Å². The van der Waals surface area contributed by atoms with Crippen LogP contribution >= 0.6 is 11.6 Å². The minimum absolute atomic E-state index is 0.00386. The average Bonchev–Trinajstić information content (AvgIpc) is 2.73. The quantitative estimate of drug-likeness (QED) is 0.834. The standard InChI is InChI=1S/C15H14ClNO4/c1-7(18)12-11-6-10(8-3-2-4-9(16)5-8)13(15(20)21)17(11)14(12)19/h2-5,7,11-12,18H,6H2,1H3,(H,20,21)/t7-,11-,12+/m1/s1. The molecule has 2 aliphatic heterocycles.